The molecule has 12 heavy (non-hydrogen) atoms. The van der Waals surface area contributed by atoms with E-state index in [1.165, 1.54) is 0 Å². The summed E-state index contributed by atoms with van der Waals surface area (Å²) in [6.07, 6.45) is 2.08. The molecule has 1 aromatic heterocycles. The highest BCUT2D eigenvalue weighted by molar-refractivity contribution is 5.23. The van der Waals surface area contributed by atoms with Crippen molar-refractivity contribution >= 4 is 0 Å². The average Bonchev–Trinajstić information content (AvgIpc) is 2.34. The Morgan fingerprint density at radius 2 is 2.25 bits per heavy atom. The summed E-state index contributed by atoms with van der Waals surface area (Å²) < 4.78 is 1.88. The lowest BCUT2D eigenvalue weighted by atomic mass is 10.2. The van der Waals surface area contributed by atoms with Gasteiger partial charge in [-0.05, 0) is 6.07 Å². The molecule has 4 heteroatoms. The Balaban J connectivity index is 0.000000720. The highest BCUT2D eigenvalue weighted by atomic mass is 35.5. The van der Waals surface area contributed by atoms with Crippen LogP contribution in [0.4, 0.5) is 0 Å². The summed E-state index contributed by atoms with van der Waals surface area (Å²) in [6, 6.07) is 3.37. The second-order valence-electron chi connectivity index (χ2n) is 2.78. The highest BCUT2D eigenvalue weighted by Gasteiger charge is 2.31. The van der Waals surface area contributed by atoms with Gasteiger partial charge in [-0.3, -0.25) is 0 Å². The van der Waals surface area contributed by atoms with Crippen LogP contribution in [0.1, 0.15) is 18.2 Å². The largest absolute Gasteiger partial charge is 1.00 e. The van der Waals surface area contributed by atoms with E-state index in [0.717, 1.165) is 6.54 Å². The predicted molar refractivity (Wildman–Crippen MR) is 37.9 cm³/mol. The lowest BCUT2D eigenvalue weighted by Crippen LogP contribution is -3.00. The molecule has 0 radical (unpaired) electrons. The molecule has 0 saturated carbocycles. The fourth-order valence-corrected chi connectivity index (χ4v) is 1.51. The standard InChI is InChI=1S/C8H9NO2.ClH/c10-6-2-1-4-9-5-3-7(11)8(6)9;/h1-2,4,7,11H,3,5H2;1H. The molecule has 0 fully saturated rings. The van der Waals surface area contributed by atoms with E-state index in [0.29, 0.717) is 12.1 Å². The normalized spacial score (nSPS) is 19.9. The van der Waals surface area contributed by atoms with Gasteiger partial charge in [-0.25, -0.2) is 0 Å². The van der Waals surface area contributed by atoms with Crippen molar-refractivity contribution in [3.63, 3.8) is 0 Å². The van der Waals surface area contributed by atoms with E-state index in [9.17, 15) is 10.2 Å². The van der Waals surface area contributed by atoms with Gasteiger partial charge in [-0.1, -0.05) is 0 Å². The molecule has 1 aliphatic rings. The summed E-state index contributed by atoms with van der Waals surface area (Å²) in [7, 11) is 0. The number of rotatable bonds is 0. The van der Waals surface area contributed by atoms with Gasteiger partial charge in [0.2, 0.25) is 0 Å². The maximum absolute atomic E-state index is 9.38. The number of fused-ring (bicyclic) bond motifs is 1. The van der Waals surface area contributed by atoms with Crippen LogP contribution in [0.15, 0.2) is 18.3 Å². The van der Waals surface area contributed by atoms with E-state index in [1.807, 2.05) is 10.8 Å². The molecule has 0 bridgehead atoms. The second kappa shape index (κ2) is 3.29. The van der Waals surface area contributed by atoms with E-state index < -0.39 is 6.10 Å². The molecule has 0 spiro atoms. The average molecular weight is 188 g/mol. The van der Waals surface area contributed by atoms with E-state index in [-0.39, 0.29) is 18.2 Å². The molecule has 2 N–H and O–H groups in total. The molecule has 0 aliphatic carbocycles. The zero-order valence-electron chi connectivity index (χ0n) is 6.44. The maximum atomic E-state index is 9.38. The number of aliphatic hydroxyl groups is 1. The second-order valence-corrected chi connectivity index (χ2v) is 2.78. The van der Waals surface area contributed by atoms with Crippen LogP contribution in [-0.2, 0) is 6.54 Å². The molecule has 1 atom stereocenters. The number of aromatic nitrogens is 1. The van der Waals surface area contributed by atoms with Gasteiger partial charge < -0.3 is 22.6 Å². The number of halogens is 1. The van der Waals surface area contributed by atoms with Crippen molar-refractivity contribution < 1.29 is 27.2 Å². The summed E-state index contributed by atoms with van der Waals surface area (Å²) in [5.74, 6) is 0.192. The Labute approximate surface area is 76.7 Å². The van der Waals surface area contributed by atoms with Gasteiger partial charge in [0.15, 0.2) is 18.5 Å². The van der Waals surface area contributed by atoms with Gasteiger partial charge >= 0.3 is 0 Å². The van der Waals surface area contributed by atoms with Crippen LogP contribution in [0.5, 0.6) is 5.75 Å². The molecular weight excluding hydrogens is 178 g/mol. The number of aromatic hydroxyl groups is 1. The van der Waals surface area contributed by atoms with Crippen LogP contribution in [0, 0.1) is 0 Å². The Morgan fingerprint density at radius 3 is 2.92 bits per heavy atom. The van der Waals surface area contributed by atoms with Crippen LogP contribution in [0.2, 0.25) is 0 Å². The minimum atomic E-state index is -0.490. The third-order valence-corrected chi connectivity index (χ3v) is 2.05. The first kappa shape index (κ1) is 9.29. The van der Waals surface area contributed by atoms with Crippen molar-refractivity contribution in [1.29, 1.82) is 0 Å². The number of nitrogens with zero attached hydrogens (tertiary/aromatic N) is 1. The van der Waals surface area contributed by atoms with Crippen LogP contribution in [0.25, 0.3) is 0 Å². The van der Waals surface area contributed by atoms with Crippen molar-refractivity contribution in [3.8, 4) is 5.75 Å². The van der Waals surface area contributed by atoms with Crippen LogP contribution in [0.3, 0.4) is 0 Å². The minimum Gasteiger partial charge on any atom is -1.00 e. The predicted octanol–water partition coefficient (Wildman–Crippen LogP) is -2.88. The zero-order chi connectivity index (χ0) is 7.84. The van der Waals surface area contributed by atoms with Crippen molar-refractivity contribution in [3.05, 3.63) is 24.0 Å². The molecule has 0 amide bonds. The number of aliphatic hydroxyl groups excluding tert-OH is 1. The number of pyridine rings is 1. The number of hydrogen-bond donors (Lipinski definition) is 2. The topological polar surface area (TPSA) is 44.3 Å². The molecule has 1 aliphatic heterocycles. The number of hydrogen-bond acceptors (Lipinski definition) is 2. The molecule has 2 rings (SSSR count). The Morgan fingerprint density at radius 1 is 1.50 bits per heavy atom. The van der Waals surface area contributed by atoms with E-state index >= 15 is 0 Å². The first-order valence-corrected chi connectivity index (χ1v) is 3.68. The molecule has 3 nitrogen and oxygen atoms in total. The SMILES string of the molecule is Oc1ccc[n+]2c1C(O)CC2.[Cl-]. The van der Waals surface area contributed by atoms with Gasteiger partial charge in [0.25, 0.3) is 5.69 Å². The van der Waals surface area contributed by atoms with E-state index in [1.54, 1.807) is 12.1 Å². The maximum Gasteiger partial charge on any atom is 0.252 e. The van der Waals surface area contributed by atoms with Crippen molar-refractivity contribution in [2.24, 2.45) is 0 Å². The van der Waals surface area contributed by atoms with Gasteiger partial charge in [-0.2, -0.15) is 4.57 Å². The van der Waals surface area contributed by atoms with E-state index in [2.05, 4.69) is 0 Å². The van der Waals surface area contributed by atoms with Gasteiger partial charge in [0.1, 0.15) is 6.10 Å². The fraction of sp³-hybridized carbons (Fsp3) is 0.375. The van der Waals surface area contributed by atoms with Crippen molar-refractivity contribution in [1.82, 2.24) is 0 Å². The highest BCUT2D eigenvalue weighted by Crippen LogP contribution is 2.26. The van der Waals surface area contributed by atoms with Gasteiger partial charge in [0.05, 0.1) is 0 Å². The lowest BCUT2D eigenvalue weighted by molar-refractivity contribution is -0.691. The van der Waals surface area contributed by atoms with E-state index in [4.69, 9.17) is 0 Å². The molecule has 66 valence electrons. The molecular formula is C8H10ClNO2. The Hall–Kier alpha value is -0.800. The first-order chi connectivity index (χ1) is 5.29. The molecule has 1 unspecified atom stereocenters. The smallest absolute Gasteiger partial charge is 0.252 e. The lowest BCUT2D eigenvalue weighted by Gasteiger charge is -1.97. The molecule has 2 heterocycles. The third kappa shape index (κ3) is 1.26. The zero-order valence-corrected chi connectivity index (χ0v) is 7.20. The fourth-order valence-electron chi connectivity index (χ4n) is 1.51. The summed E-state index contributed by atoms with van der Waals surface area (Å²) >= 11 is 0. The van der Waals surface area contributed by atoms with Crippen molar-refractivity contribution in [2.45, 2.75) is 19.1 Å². The Bertz CT molecular complexity index is 290. The third-order valence-electron chi connectivity index (χ3n) is 2.05. The van der Waals surface area contributed by atoms with Gasteiger partial charge in [-0.15, -0.1) is 0 Å². The number of aryl methyl sites for hydroxylation is 1. The molecule has 1 aromatic rings. The molecule has 0 saturated heterocycles. The minimum absolute atomic E-state index is 0. The summed E-state index contributed by atoms with van der Waals surface area (Å²) in [6.45, 7) is 0.797. The monoisotopic (exact) mass is 187 g/mol. The first-order valence-electron chi connectivity index (χ1n) is 3.68. The summed E-state index contributed by atoms with van der Waals surface area (Å²) in [5.41, 5.74) is 0.646. The van der Waals surface area contributed by atoms with Crippen LogP contribution >= 0.6 is 0 Å². The van der Waals surface area contributed by atoms with Crippen LogP contribution in [-0.4, -0.2) is 10.2 Å². The van der Waals surface area contributed by atoms with Gasteiger partial charge in [0, 0.05) is 12.5 Å². The Kier molecular flexibility index (Phi) is 2.55. The summed E-state index contributed by atoms with van der Waals surface area (Å²) in [4.78, 5) is 0. The summed E-state index contributed by atoms with van der Waals surface area (Å²) in [5, 5.41) is 18.7. The quantitative estimate of drug-likeness (QED) is 0.429. The van der Waals surface area contributed by atoms with Crippen molar-refractivity contribution in [2.75, 3.05) is 0 Å². The molecule has 0 aromatic carbocycles. The van der Waals surface area contributed by atoms with Crippen LogP contribution < -0.4 is 17.0 Å².